The van der Waals surface area contributed by atoms with Crippen LogP contribution in [0.1, 0.15) is 31.9 Å². The largest absolute Gasteiger partial charge is 0.462 e. The quantitative estimate of drug-likeness (QED) is 0.543. The van der Waals surface area contributed by atoms with Gasteiger partial charge in [0.2, 0.25) is 12.2 Å². The summed E-state index contributed by atoms with van der Waals surface area (Å²) < 4.78 is 56.9. The molecule has 3 rings (SSSR count). The van der Waals surface area contributed by atoms with Crippen molar-refractivity contribution < 1.29 is 42.4 Å². The Morgan fingerprint density at radius 3 is 2.49 bits per heavy atom. The van der Waals surface area contributed by atoms with Crippen molar-refractivity contribution in [3.05, 3.63) is 53.6 Å². The van der Waals surface area contributed by atoms with Crippen molar-refractivity contribution >= 4 is 5.91 Å². The summed E-state index contributed by atoms with van der Waals surface area (Å²) in [6, 6.07) is 9.74. The number of benzene rings is 2. The fraction of sp³-hybridized carbons (Fsp3) is 0.480. The second-order valence-electron chi connectivity index (χ2n) is 8.98. The monoisotopic (exact) mass is 497 g/mol. The first-order chi connectivity index (χ1) is 16.3. The van der Waals surface area contributed by atoms with Crippen LogP contribution >= 0.6 is 0 Å². The Hall–Kier alpha value is -2.66. The third-order valence-electron chi connectivity index (χ3n) is 5.90. The van der Waals surface area contributed by atoms with Gasteiger partial charge in [-0.3, -0.25) is 4.79 Å². The van der Waals surface area contributed by atoms with Crippen molar-refractivity contribution in [3.8, 4) is 16.9 Å². The summed E-state index contributed by atoms with van der Waals surface area (Å²) in [6.45, 7) is 5.05. The van der Waals surface area contributed by atoms with Gasteiger partial charge in [0.25, 0.3) is 0 Å². The number of nitrogens with one attached hydrogen (secondary N) is 1. The molecular weight excluding hydrogens is 467 g/mol. The van der Waals surface area contributed by atoms with Gasteiger partial charge in [-0.2, -0.15) is 13.2 Å². The van der Waals surface area contributed by atoms with Gasteiger partial charge in [-0.05, 0) is 61.2 Å². The summed E-state index contributed by atoms with van der Waals surface area (Å²) in [4.78, 5) is 11.3. The molecule has 192 valence electrons. The summed E-state index contributed by atoms with van der Waals surface area (Å²) in [7, 11) is 1.40. The molecule has 1 heterocycles. The number of hydrogen-bond donors (Lipinski definition) is 3. The van der Waals surface area contributed by atoms with Gasteiger partial charge in [0.05, 0.1) is 11.2 Å². The van der Waals surface area contributed by atoms with E-state index in [2.05, 4.69) is 5.32 Å². The Kier molecular flexibility index (Phi) is 8.10. The van der Waals surface area contributed by atoms with Gasteiger partial charge < -0.3 is 29.7 Å². The van der Waals surface area contributed by atoms with Gasteiger partial charge in [-0.15, -0.1) is 0 Å². The maximum absolute atomic E-state index is 13.3. The molecular formula is C25H30F3NO6. The fourth-order valence-electron chi connectivity index (χ4n) is 4.19. The zero-order chi connectivity index (χ0) is 26.0. The van der Waals surface area contributed by atoms with Crippen molar-refractivity contribution in [1.82, 2.24) is 5.32 Å². The minimum atomic E-state index is -4.51. The molecule has 1 fully saturated rings. The third-order valence-corrected chi connectivity index (χ3v) is 5.90. The summed E-state index contributed by atoms with van der Waals surface area (Å²) >= 11 is 0. The van der Waals surface area contributed by atoms with Crippen molar-refractivity contribution in [2.24, 2.45) is 0 Å². The minimum Gasteiger partial charge on any atom is -0.462 e. The summed E-state index contributed by atoms with van der Waals surface area (Å²) in [5, 5.41) is 23.7. The van der Waals surface area contributed by atoms with Crippen LogP contribution in [0.4, 0.5) is 13.2 Å². The minimum absolute atomic E-state index is 0.218. The Bertz CT molecular complexity index is 1040. The van der Waals surface area contributed by atoms with E-state index in [-0.39, 0.29) is 11.7 Å². The van der Waals surface area contributed by atoms with E-state index in [1.165, 1.54) is 20.1 Å². The molecule has 0 radical (unpaired) electrons. The molecule has 0 aliphatic carbocycles. The number of hydrogen-bond acceptors (Lipinski definition) is 6. The smallest absolute Gasteiger partial charge is 0.416 e. The van der Waals surface area contributed by atoms with Crippen LogP contribution in [0.3, 0.4) is 0 Å². The van der Waals surface area contributed by atoms with Gasteiger partial charge in [0.1, 0.15) is 24.1 Å². The molecule has 4 atom stereocenters. The van der Waals surface area contributed by atoms with Gasteiger partial charge >= 0.3 is 6.18 Å². The molecule has 7 nitrogen and oxygen atoms in total. The molecule has 1 aliphatic rings. The van der Waals surface area contributed by atoms with Crippen LogP contribution in [0.15, 0.2) is 42.5 Å². The van der Waals surface area contributed by atoms with Gasteiger partial charge in [0.15, 0.2) is 0 Å². The molecule has 1 aliphatic heterocycles. The number of alkyl halides is 3. The number of carbonyl (C=O) groups excluding carboxylic acids is 1. The van der Waals surface area contributed by atoms with E-state index in [1.807, 2.05) is 0 Å². The molecule has 0 saturated carbocycles. The van der Waals surface area contributed by atoms with E-state index in [9.17, 15) is 28.2 Å². The zero-order valence-corrected chi connectivity index (χ0v) is 19.9. The van der Waals surface area contributed by atoms with E-state index in [0.717, 1.165) is 12.1 Å². The van der Waals surface area contributed by atoms with E-state index in [1.54, 1.807) is 38.1 Å². The number of aliphatic hydroxyl groups is 2. The maximum Gasteiger partial charge on any atom is 0.416 e. The normalized spacial score (nSPS) is 24.1. The van der Waals surface area contributed by atoms with Crippen LogP contribution in [0, 0.1) is 0 Å². The molecule has 3 N–H and O–H groups in total. The molecule has 1 unspecified atom stereocenters. The highest BCUT2D eigenvalue weighted by molar-refractivity contribution is 5.73. The number of aliphatic hydroxyl groups excluding tert-OH is 2. The van der Waals surface area contributed by atoms with Crippen LogP contribution in [-0.4, -0.2) is 60.0 Å². The highest BCUT2D eigenvalue weighted by atomic mass is 19.4. The average Bonchev–Trinajstić information content (AvgIpc) is 2.77. The molecule has 0 aromatic heterocycles. The Morgan fingerprint density at radius 1 is 1.14 bits per heavy atom. The first-order valence-corrected chi connectivity index (χ1v) is 11.1. The predicted octanol–water partition coefficient (Wildman–Crippen LogP) is 3.30. The van der Waals surface area contributed by atoms with E-state index in [4.69, 9.17) is 14.2 Å². The Morgan fingerprint density at radius 2 is 1.86 bits per heavy atom. The highest BCUT2D eigenvalue weighted by Gasteiger charge is 2.50. The fourth-order valence-corrected chi connectivity index (χ4v) is 4.19. The molecule has 1 saturated heterocycles. The standard InChI is InChI=1S/C25H30F3NO6/c1-14(30)29-11-10-15-8-9-18(13-19(15)16-6-5-7-17(12-16)25(26,27)28)34-23-21(32)20(31)22(33-4)24(2,3)35-23/h5-9,12-13,20-23,31-32H,10-11H2,1-4H3,(H,29,30)/t20-,21+,22?,23-/m0/s1. The lowest BCUT2D eigenvalue weighted by Crippen LogP contribution is -2.63. The Labute approximate surface area is 201 Å². The second kappa shape index (κ2) is 10.5. The van der Waals surface area contributed by atoms with Gasteiger partial charge in [-0.1, -0.05) is 18.2 Å². The lowest BCUT2D eigenvalue weighted by Gasteiger charge is -2.46. The molecule has 0 bridgehead atoms. The van der Waals surface area contributed by atoms with Gasteiger partial charge in [0, 0.05) is 20.6 Å². The first-order valence-electron chi connectivity index (χ1n) is 11.1. The number of amides is 1. The number of halogens is 3. The van der Waals surface area contributed by atoms with Crippen LogP contribution in [0.5, 0.6) is 5.75 Å². The van der Waals surface area contributed by atoms with Crippen LogP contribution in [0.25, 0.3) is 11.1 Å². The van der Waals surface area contributed by atoms with E-state index in [0.29, 0.717) is 29.7 Å². The Balaban J connectivity index is 1.95. The van der Waals surface area contributed by atoms with Crippen molar-refractivity contribution in [1.29, 1.82) is 0 Å². The highest BCUT2D eigenvalue weighted by Crippen LogP contribution is 2.36. The van der Waals surface area contributed by atoms with Gasteiger partial charge in [-0.25, -0.2) is 0 Å². The third kappa shape index (κ3) is 6.32. The predicted molar refractivity (Wildman–Crippen MR) is 122 cm³/mol. The lowest BCUT2D eigenvalue weighted by atomic mass is 9.89. The maximum atomic E-state index is 13.3. The molecule has 2 aromatic carbocycles. The number of carbonyl (C=O) groups is 1. The van der Waals surface area contributed by atoms with Crippen molar-refractivity contribution in [2.45, 2.75) is 63.6 Å². The molecule has 1 amide bonds. The zero-order valence-electron chi connectivity index (χ0n) is 19.9. The SMILES string of the molecule is COC1[C@@H](O)[C@@H](O)[C@@H](Oc2ccc(CCNC(C)=O)c(-c3cccc(C(F)(F)F)c3)c2)OC1(C)C. The van der Waals surface area contributed by atoms with Crippen LogP contribution in [0.2, 0.25) is 0 Å². The van der Waals surface area contributed by atoms with Crippen molar-refractivity contribution in [2.75, 3.05) is 13.7 Å². The van der Waals surface area contributed by atoms with Crippen molar-refractivity contribution in [3.63, 3.8) is 0 Å². The van der Waals surface area contributed by atoms with Crippen LogP contribution in [-0.2, 0) is 26.9 Å². The first kappa shape index (κ1) is 26.9. The topological polar surface area (TPSA) is 97.3 Å². The van der Waals surface area contributed by atoms with Crippen LogP contribution < -0.4 is 10.1 Å². The average molecular weight is 498 g/mol. The summed E-state index contributed by atoms with van der Waals surface area (Å²) in [5.74, 6) is 0.00754. The molecule has 2 aromatic rings. The van der Waals surface area contributed by atoms with E-state index < -0.39 is 41.9 Å². The van der Waals surface area contributed by atoms with E-state index >= 15 is 0 Å². The molecule has 10 heteroatoms. The molecule has 0 spiro atoms. The number of rotatable bonds is 7. The second-order valence-corrected chi connectivity index (χ2v) is 8.98. The lowest BCUT2D eigenvalue weighted by molar-refractivity contribution is -0.305. The summed E-state index contributed by atoms with van der Waals surface area (Å²) in [6.07, 6.45) is -8.90. The molecule has 35 heavy (non-hydrogen) atoms. The summed E-state index contributed by atoms with van der Waals surface area (Å²) in [5.41, 5.74) is -0.307. The number of methoxy groups -OCH3 is 1. The number of ether oxygens (including phenoxy) is 3.